The van der Waals surface area contributed by atoms with Gasteiger partial charge >= 0.3 is 37.7 Å². The number of benzene rings is 2. The molecule has 0 N–H and O–H groups in total. The molecule has 0 amide bonds. The molecule has 0 heterocycles. The Labute approximate surface area is 229 Å². The standard InChI is InChI=1S/C26H24.C4H10O2.Ca/c1-25(23-17-9-10-18-23,21-13-5-3-6-14-21)26(2,24-19-11-12-20-24)22-15-7-4-8-16-22;1-5-3-4-6-2;/h3-20H,1-2H3;3-4H2,1-2H3;/q-2;;+2. The van der Waals surface area contributed by atoms with E-state index in [1.807, 2.05) is 0 Å². The van der Waals surface area contributed by atoms with Gasteiger partial charge in [-0.3, -0.25) is 0 Å². The van der Waals surface area contributed by atoms with E-state index < -0.39 is 0 Å². The Bertz CT molecular complexity index is 924. The van der Waals surface area contributed by atoms with E-state index >= 15 is 0 Å². The molecule has 4 aromatic rings. The summed E-state index contributed by atoms with van der Waals surface area (Å²) >= 11 is 0. The molecule has 0 bridgehead atoms. The smallest absolute Gasteiger partial charge is 0.382 e. The molecule has 4 aromatic carbocycles. The quantitative estimate of drug-likeness (QED) is 0.171. The molecule has 168 valence electrons. The summed E-state index contributed by atoms with van der Waals surface area (Å²) in [4.78, 5) is 0. The monoisotopic (exact) mass is 466 g/mol. The van der Waals surface area contributed by atoms with E-state index in [2.05, 4.69) is 133 Å². The minimum absolute atomic E-state index is 0. The number of methoxy groups -OCH3 is 2. The van der Waals surface area contributed by atoms with Crippen molar-refractivity contribution in [3.05, 3.63) is 131 Å². The zero-order valence-electron chi connectivity index (χ0n) is 20.3. The second-order valence-electron chi connectivity index (χ2n) is 8.31. The van der Waals surface area contributed by atoms with Gasteiger partial charge in [-0.1, -0.05) is 74.5 Å². The van der Waals surface area contributed by atoms with Crippen LogP contribution >= 0.6 is 0 Å². The second kappa shape index (κ2) is 13.3. The Morgan fingerprint density at radius 2 is 0.848 bits per heavy atom. The first-order chi connectivity index (χ1) is 15.6. The molecule has 0 aliphatic carbocycles. The van der Waals surface area contributed by atoms with Crippen LogP contribution in [-0.2, 0) is 20.3 Å². The Hall–Kier alpha value is -1.68. The molecule has 2 nitrogen and oxygen atoms in total. The first-order valence-corrected chi connectivity index (χ1v) is 11.1. The summed E-state index contributed by atoms with van der Waals surface area (Å²) in [5.74, 6) is 0. The van der Waals surface area contributed by atoms with Crippen LogP contribution in [0.15, 0.2) is 109 Å². The van der Waals surface area contributed by atoms with Gasteiger partial charge in [0.25, 0.3) is 0 Å². The van der Waals surface area contributed by atoms with Crippen molar-refractivity contribution in [3.63, 3.8) is 0 Å². The minimum Gasteiger partial charge on any atom is -0.382 e. The van der Waals surface area contributed by atoms with E-state index in [0.29, 0.717) is 13.2 Å². The van der Waals surface area contributed by atoms with Gasteiger partial charge in [0.15, 0.2) is 0 Å². The van der Waals surface area contributed by atoms with Crippen molar-refractivity contribution < 1.29 is 9.47 Å². The maximum absolute atomic E-state index is 4.66. The fraction of sp³-hybridized carbons (Fsp3) is 0.267. The van der Waals surface area contributed by atoms with Crippen molar-refractivity contribution >= 4 is 37.7 Å². The van der Waals surface area contributed by atoms with Crippen LogP contribution in [0.4, 0.5) is 0 Å². The first kappa shape index (κ1) is 27.6. The summed E-state index contributed by atoms with van der Waals surface area (Å²) < 4.78 is 9.31. The zero-order valence-corrected chi connectivity index (χ0v) is 22.5. The van der Waals surface area contributed by atoms with Gasteiger partial charge in [0.2, 0.25) is 0 Å². The summed E-state index contributed by atoms with van der Waals surface area (Å²) in [7, 11) is 3.30. The topological polar surface area (TPSA) is 18.5 Å². The normalized spacial score (nSPS) is 14.2. The molecule has 0 aliphatic heterocycles. The van der Waals surface area contributed by atoms with Gasteiger partial charge in [0, 0.05) is 14.2 Å². The molecule has 0 aliphatic rings. The van der Waals surface area contributed by atoms with Crippen LogP contribution in [0.2, 0.25) is 0 Å². The Morgan fingerprint density at radius 1 is 0.545 bits per heavy atom. The van der Waals surface area contributed by atoms with Gasteiger partial charge in [-0.25, -0.2) is 24.3 Å². The summed E-state index contributed by atoms with van der Waals surface area (Å²) in [5.41, 5.74) is 4.95. The van der Waals surface area contributed by atoms with E-state index in [1.165, 1.54) is 22.3 Å². The molecule has 2 atom stereocenters. The fourth-order valence-corrected chi connectivity index (χ4v) is 4.61. The van der Waals surface area contributed by atoms with Gasteiger partial charge in [-0.2, -0.15) is 24.3 Å². The number of rotatable bonds is 8. The average molecular weight is 467 g/mol. The molecule has 3 heteroatoms. The maximum atomic E-state index is 4.66. The molecule has 0 saturated carbocycles. The van der Waals surface area contributed by atoms with Crippen LogP contribution in [0.3, 0.4) is 0 Å². The van der Waals surface area contributed by atoms with E-state index in [1.54, 1.807) is 14.2 Å². The van der Waals surface area contributed by atoms with Gasteiger partial charge in [0.05, 0.1) is 13.2 Å². The molecule has 2 unspecified atom stereocenters. The van der Waals surface area contributed by atoms with E-state index in [4.69, 9.17) is 0 Å². The van der Waals surface area contributed by atoms with E-state index in [9.17, 15) is 0 Å². The molecule has 0 spiro atoms. The zero-order chi connectivity index (χ0) is 22.9. The van der Waals surface area contributed by atoms with E-state index in [-0.39, 0.29) is 48.6 Å². The molecule has 33 heavy (non-hydrogen) atoms. The molecule has 0 fully saturated rings. The van der Waals surface area contributed by atoms with Crippen molar-refractivity contribution in [3.8, 4) is 0 Å². The van der Waals surface area contributed by atoms with Crippen LogP contribution in [0, 0.1) is 0 Å². The molecular weight excluding hydrogens is 432 g/mol. The van der Waals surface area contributed by atoms with Crippen molar-refractivity contribution in [2.24, 2.45) is 0 Å². The van der Waals surface area contributed by atoms with E-state index in [0.717, 1.165) is 0 Å². The summed E-state index contributed by atoms with van der Waals surface area (Å²) in [6, 6.07) is 39.4. The largest absolute Gasteiger partial charge is 2.00 e. The Kier molecular flexibility index (Phi) is 11.1. The third-order valence-corrected chi connectivity index (χ3v) is 6.67. The van der Waals surface area contributed by atoms with Gasteiger partial charge in [0.1, 0.15) is 0 Å². The van der Waals surface area contributed by atoms with Crippen LogP contribution in [0.25, 0.3) is 0 Å². The van der Waals surface area contributed by atoms with Crippen LogP contribution in [0.1, 0.15) is 36.1 Å². The van der Waals surface area contributed by atoms with Crippen molar-refractivity contribution in [1.29, 1.82) is 0 Å². The predicted molar refractivity (Wildman–Crippen MR) is 139 cm³/mol. The summed E-state index contributed by atoms with van der Waals surface area (Å²) in [5, 5.41) is 0. The van der Waals surface area contributed by atoms with Gasteiger partial charge in [-0.15, -0.1) is 11.1 Å². The minimum atomic E-state index is -0.201. The summed E-state index contributed by atoms with van der Waals surface area (Å²) in [6.45, 7) is 6.16. The molecule has 0 saturated heterocycles. The molecule has 0 radical (unpaired) electrons. The predicted octanol–water partition coefficient (Wildman–Crippen LogP) is 6.34. The molecule has 4 rings (SSSR count). The third-order valence-electron chi connectivity index (χ3n) is 6.67. The molecular formula is C30H34CaO2. The average Bonchev–Trinajstić information content (AvgIpc) is 3.58. The van der Waals surface area contributed by atoms with Gasteiger partial charge < -0.3 is 9.47 Å². The maximum Gasteiger partial charge on any atom is 2.00 e. The third kappa shape index (κ3) is 5.88. The second-order valence-corrected chi connectivity index (χ2v) is 8.31. The number of ether oxygens (including phenoxy) is 2. The van der Waals surface area contributed by atoms with Crippen LogP contribution < -0.4 is 0 Å². The Morgan fingerprint density at radius 3 is 1.12 bits per heavy atom. The van der Waals surface area contributed by atoms with Crippen LogP contribution in [0.5, 0.6) is 0 Å². The van der Waals surface area contributed by atoms with Gasteiger partial charge in [-0.05, 0) is 22.0 Å². The first-order valence-electron chi connectivity index (χ1n) is 11.1. The van der Waals surface area contributed by atoms with Crippen molar-refractivity contribution in [2.75, 3.05) is 27.4 Å². The van der Waals surface area contributed by atoms with Crippen molar-refractivity contribution in [1.82, 2.24) is 0 Å². The molecule has 0 aromatic heterocycles. The SMILES string of the molecule is CC(c1ccccc1)([c-]1cccc1)C(C)(c1ccccc1)[c-]1cccc1.COCCOC.[Ca+2]. The number of hydrogen-bond acceptors (Lipinski definition) is 2. The van der Waals surface area contributed by atoms with Crippen LogP contribution in [-0.4, -0.2) is 65.2 Å². The summed E-state index contributed by atoms with van der Waals surface area (Å²) in [6.07, 6.45) is 0. The fourth-order valence-electron chi connectivity index (χ4n) is 4.61. The Balaban J connectivity index is 0.000000491. The van der Waals surface area contributed by atoms with Crippen molar-refractivity contribution in [2.45, 2.75) is 24.7 Å². The number of hydrogen-bond donors (Lipinski definition) is 0.